The molecule has 0 saturated heterocycles. The molecule has 0 amide bonds. The van der Waals surface area contributed by atoms with Crippen LogP contribution in [-0.2, 0) is 0 Å². The van der Waals surface area contributed by atoms with Crippen molar-refractivity contribution in [2.24, 2.45) is 5.73 Å². The van der Waals surface area contributed by atoms with E-state index in [1.165, 1.54) is 12.1 Å². The zero-order valence-electron chi connectivity index (χ0n) is 9.44. The number of hydrogen-bond donors (Lipinski definition) is 4. The highest BCUT2D eigenvalue weighted by Crippen LogP contribution is 2.27. The molecule has 5 heteroatoms. The van der Waals surface area contributed by atoms with Crippen molar-refractivity contribution in [1.29, 1.82) is 5.41 Å². The Balaban J connectivity index is 2.48. The molecule has 2 aromatic carbocycles. The van der Waals surface area contributed by atoms with Gasteiger partial charge in [0, 0.05) is 11.3 Å². The van der Waals surface area contributed by atoms with Gasteiger partial charge in [0.25, 0.3) is 0 Å². The molecular weight excluding hydrogens is 233 g/mol. The number of nitrogens with two attached hydrogens (primary N) is 2. The van der Waals surface area contributed by atoms with Crippen molar-refractivity contribution in [3.05, 3.63) is 47.8 Å². The van der Waals surface area contributed by atoms with Crippen LogP contribution in [0.25, 0.3) is 11.1 Å². The minimum atomic E-state index is -0.693. The van der Waals surface area contributed by atoms with E-state index in [0.29, 0.717) is 22.4 Å². The van der Waals surface area contributed by atoms with Gasteiger partial charge in [-0.3, -0.25) is 5.41 Å². The van der Waals surface area contributed by atoms with Gasteiger partial charge in [-0.1, -0.05) is 12.1 Å². The van der Waals surface area contributed by atoms with Crippen LogP contribution in [0.5, 0.6) is 5.75 Å². The van der Waals surface area contributed by atoms with Gasteiger partial charge in [-0.2, -0.15) is 0 Å². The first-order valence-electron chi connectivity index (χ1n) is 5.22. The summed E-state index contributed by atoms with van der Waals surface area (Å²) in [5.74, 6) is -1.20. The van der Waals surface area contributed by atoms with Gasteiger partial charge in [0.15, 0.2) is 11.6 Å². The first kappa shape index (κ1) is 11.9. The predicted molar refractivity (Wildman–Crippen MR) is 68.9 cm³/mol. The number of amidine groups is 1. The number of benzene rings is 2. The number of phenolic OH excluding ortho intramolecular Hbond substituents is 1. The number of aromatic hydroxyl groups is 1. The Labute approximate surface area is 103 Å². The van der Waals surface area contributed by atoms with Crippen molar-refractivity contribution in [2.45, 2.75) is 0 Å². The molecule has 0 atom stereocenters. The van der Waals surface area contributed by atoms with Gasteiger partial charge in [-0.05, 0) is 35.4 Å². The molecule has 0 aromatic heterocycles. The van der Waals surface area contributed by atoms with Gasteiger partial charge in [0.2, 0.25) is 0 Å². The summed E-state index contributed by atoms with van der Waals surface area (Å²) in [6.45, 7) is 0. The zero-order chi connectivity index (χ0) is 13.3. The van der Waals surface area contributed by atoms with E-state index in [9.17, 15) is 4.39 Å². The summed E-state index contributed by atoms with van der Waals surface area (Å²) in [5.41, 5.74) is 13.2. The minimum absolute atomic E-state index is 0.115. The quantitative estimate of drug-likeness (QED) is 0.370. The summed E-state index contributed by atoms with van der Waals surface area (Å²) in [5, 5.41) is 16.4. The molecule has 6 N–H and O–H groups in total. The highest BCUT2D eigenvalue weighted by atomic mass is 19.1. The number of rotatable bonds is 2. The molecule has 4 nitrogen and oxygen atoms in total. The van der Waals surface area contributed by atoms with Crippen LogP contribution in [-0.4, -0.2) is 10.9 Å². The monoisotopic (exact) mass is 245 g/mol. The molecule has 0 fully saturated rings. The van der Waals surface area contributed by atoms with Gasteiger partial charge in [-0.15, -0.1) is 0 Å². The van der Waals surface area contributed by atoms with Gasteiger partial charge in [-0.25, -0.2) is 4.39 Å². The fourth-order valence-corrected chi connectivity index (χ4v) is 1.67. The molecular formula is C13H12FN3O. The molecule has 0 bridgehead atoms. The maximum absolute atomic E-state index is 13.2. The Morgan fingerprint density at radius 1 is 1.11 bits per heavy atom. The van der Waals surface area contributed by atoms with Crippen LogP contribution in [0.1, 0.15) is 5.56 Å². The smallest absolute Gasteiger partial charge is 0.165 e. The summed E-state index contributed by atoms with van der Waals surface area (Å²) < 4.78 is 13.2. The van der Waals surface area contributed by atoms with Gasteiger partial charge in [0.05, 0.1) is 0 Å². The number of nitrogen functional groups attached to an aromatic ring is 2. The molecule has 0 saturated carbocycles. The Hall–Kier alpha value is -2.56. The van der Waals surface area contributed by atoms with Crippen molar-refractivity contribution in [2.75, 3.05) is 5.73 Å². The van der Waals surface area contributed by atoms with Crippen LogP contribution >= 0.6 is 0 Å². The van der Waals surface area contributed by atoms with Crippen molar-refractivity contribution in [3.8, 4) is 16.9 Å². The van der Waals surface area contributed by atoms with Crippen LogP contribution in [0.3, 0.4) is 0 Å². The lowest BCUT2D eigenvalue weighted by Gasteiger charge is -2.08. The third kappa shape index (κ3) is 2.10. The van der Waals surface area contributed by atoms with Crippen molar-refractivity contribution >= 4 is 11.5 Å². The van der Waals surface area contributed by atoms with E-state index >= 15 is 0 Å². The molecule has 0 aliphatic carbocycles. The van der Waals surface area contributed by atoms with Crippen LogP contribution in [0.4, 0.5) is 10.1 Å². The standard InChI is InChI=1S/C13H12FN3O/c14-10-5-7(2-4-12(10)18)8-1-3-9(13(16)17)11(15)6-8/h1-6,18H,15H2,(H3,16,17). The van der Waals surface area contributed by atoms with Crippen molar-refractivity contribution in [1.82, 2.24) is 0 Å². The third-order valence-electron chi connectivity index (χ3n) is 2.62. The maximum Gasteiger partial charge on any atom is 0.165 e. The van der Waals surface area contributed by atoms with E-state index in [1.54, 1.807) is 24.3 Å². The average molecular weight is 245 g/mol. The Morgan fingerprint density at radius 2 is 1.72 bits per heavy atom. The normalized spacial score (nSPS) is 10.3. The van der Waals surface area contributed by atoms with Crippen molar-refractivity contribution in [3.63, 3.8) is 0 Å². The Kier molecular flexibility index (Phi) is 2.89. The molecule has 92 valence electrons. The van der Waals surface area contributed by atoms with Crippen molar-refractivity contribution < 1.29 is 9.50 Å². The van der Waals surface area contributed by atoms with E-state index in [2.05, 4.69) is 0 Å². The minimum Gasteiger partial charge on any atom is -0.505 e. The van der Waals surface area contributed by atoms with Gasteiger partial charge in [0.1, 0.15) is 5.84 Å². The highest BCUT2D eigenvalue weighted by Gasteiger charge is 2.07. The molecule has 0 aliphatic rings. The Bertz CT molecular complexity index is 626. The molecule has 2 rings (SSSR count). The summed E-state index contributed by atoms with van der Waals surface area (Å²) in [4.78, 5) is 0. The fraction of sp³-hybridized carbons (Fsp3) is 0. The van der Waals surface area contributed by atoms with Crippen LogP contribution in [0.15, 0.2) is 36.4 Å². The second-order valence-electron chi connectivity index (χ2n) is 3.88. The highest BCUT2D eigenvalue weighted by molar-refractivity contribution is 6.00. The first-order valence-corrected chi connectivity index (χ1v) is 5.22. The van der Waals surface area contributed by atoms with Gasteiger partial charge >= 0.3 is 0 Å². The number of hydrogen-bond acceptors (Lipinski definition) is 3. The lowest BCUT2D eigenvalue weighted by molar-refractivity contribution is 0.432. The lowest BCUT2D eigenvalue weighted by atomic mass is 10.0. The summed E-state index contributed by atoms with van der Waals surface area (Å²) in [6.07, 6.45) is 0. The zero-order valence-corrected chi connectivity index (χ0v) is 9.44. The molecule has 0 aliphatic heterocycles. The SMILES string of the molecule is N=C(N)c1ccc(-c2ccc(O)c(F)c2)cc1N. The molecule has 2 aromatic rings. The van der Waals surface area contributed by atoms with Crippen LogP contribution in [0.2, 0.25) is 0 Å². The van der Waals surface area contributed by atoms with Gasteiger partial charge < -0.3 is 16.6 Å². The maximum atomic E-state index is 13.2. The average Bonchev–Trinajstić information content (AvgIpc) is 2.32. The molecule has 0 heterocycles. The number of anilines is 1. The van der Waals surface area contributed by atoms with E-state index in [-0.39, 0.29) is 5.84 Å². The summed E-state index contributed by atoms with van der Waals surface area (Å²) >= 11 is 0. The predicted octanol–water partition coefficient (Wildman–Crippen LogP) is 2.06. The largest absolute Gasteiger partial charge is 0.505 e. The second-order valence-corrected chi connectivity index (χ2v) is 3.88. The molecule has 0 unspecified atom stereocenters. The number of nitrogens with one attached hydrogen (secondary N) is 1. The third-order valence-corrected chi connectivity index (χ3v) is 2.62. The van der Waals surface area contributed by atoms with Crippen LogP contribution < -0.4 is 11.5 Å². The number of halogens is 1. The van der Waals surface area contributed by atoms with E-state index in [4.69, 9.17) is 22.0 Å². The summed E-state index contributed by atoms with van der Waals surface area (Å²) in [7, 11) is 0. The fourth-order valence-electron chi connectivity index (χ4n) is 1.67. The topological polar surface area (TPSA) is 96.1 Å². The van der Waals surface area contributed by atoms with E-state index < -0.39 is 11.6 Å². The molecule has 0 spiro atoms. The number of phenols is 1. The molecule has 18 heavy (non-hydrogen) atoms. The first-order chi connectivity index (χ1) is 8.49. The van der Waals surface area contributed by atoms with E-state index in [0.717, 1.165) is 0 Å². The molecule has 0 radical (unpaired) electrons. The van der Waals surface area contributed by atoms with E-state index in [1.807, 2.05) is 0 Å². The lowest BCUT2D eigenvalue weighted by Crippen LogP contribution is -2.13. The Morgan fingerprint density at radius 3 is 2.28 bits per heavy atom. The van der Waals surface area contributed by atoms with Crippen LogP contribution in [0, 0.1) is 11.2 Å². The second kappa shape index (κ2) is 4.37. The summed E-state index contributed by atoms with van der Waals surface area (Å²) in [6, 6.07) is 9.00.